The molecule has 13 heteroatoms. The Bertz CT molecular complexity index is 1380. The van der Waals surface area contributed by atoms with Crippen LogP contribution < -0.4 is 30.9 Å². The van der Waals surface area contributed by atoms with E-state index in [4.69, 9.17) is 15.2 Å². The molecule has 1 aromatic rings. The number of likely N-dealkylation sites (tertiary alicyclic amines) is 1. The fourth-order valence-electron chi connectivity index (χ4n) is 7.77. The van der Waals surface area contributed by atoms with E-state index in [1.54, 1.807) is 6.07 Å². The molecule has 1 aromatic carbocycles. The number of hydrogen-bond acceptors (Lipinski definition) is 8. The lowest BCUT2D eigenvalue weighted by atomic mass is 9.48. The molecule has 4 amide bonds. The molecule has 1 saturated carbocycles. The van der Waals surface area contributed by atoms with Gasteiger partial charge in [0.25, 0.3) is 0 Å². The summed E-state index contributed by atoms with van der Waals surface area (Å²) in [7, 11) is 3.58. The number of amides is 4. The number of nitrogens with one attached hydrogen (secondary N) is 2. The van der Waals surface area contributed by atoms with Crippen LogP contribution in [0.1, 0.15) is 43.7 Å². The zero-order valence-corrected chi connectivity index (χ0v) is 24.8. The third-order valence-corrected chi connectivity index (χ3v) is 9.75. The first-order valence-corrected chi connectivity index (χ1v) is 14.5. The lowest BCUT2D eigenvalue weighted by Gasteiger charge is -2.70. The van der Waals surface area contributed by atoms with Gasteiger partial charge in [0.1, 0.15) is 6.04 Å². The summed E-state index contributed by atoms with van der Waals surface area (Å²) in [5, 5.41) is 19.9. The molecule has 1 saturated heterocycles. The number of piperidine rings is 1. The van der Waals surface area contributed by atoms with E-state index in [-0.39, 0.29) is 55.7 Å². The quantitative estimate of drug-likeness (QED) is 0.228. The lowest BCUT2D eigenvalue weighted by Crippen LogP contribution is -2.85. The summed E-state index contributed by atoms with van der Waals surface area (Å²) in [4.78, 5) is 62.6. The minimum Gasteiger partial charge on any atom is -0.844 e. The highest BCUT2D eigenvalue weighted by molar-refractivity contribution is 5.91. The van der Waals surface area contributed by atoms with Crippen molar-refractivity contribution in [3.63, 3.8) is 0 Å². The predicted octanol–water partition coefficient (Wildman–Crippen LogP) is -0.965. The minimum atomic E-state index is -1.42. The molecule has 232 valence electrons. The summed E-state index contributed by atoms with van der Waals surface area (Å²) in [5.74, 6) is -1.54. The number of likely N-dealkylation sites (N-methyl/N-ethyl adjacent to an activating group) is 2. The number of carbonyl (C=O) groups excluding carboxylic acids is 5. The number of hydrogen-bond donors (Lipinski definition) is 3. The molecule has 13 nitrogen and oxygen atoms in total. The summed E-state index contributed by atoms with van der Waals surface area (Å²) in [6.45, 7) is 6.55. The Morgan fingerprint density at radius 1 is 1.33 bits per heavy atom. The predicted molar refractivity (Wildman–Crippen MR) is 151 cm³/mol. The Kier molecular flexibility index (Phi) is 7.76. The van der Waals surface area contributed by atoms with Crippen LogP contribution in [0.15, 0.2) is 24.8 Å². The highest BCUT2D eigenvalue weighted by Crippen LogP contribution is 2.64. The van der Waals surface area contributed by atoms with Crippen LogP contribution >= 0.6 is 0 Å². The van der Waals surface area contributed by atoms with E-state index >= 15 is 0 Å². The summed E-state index contributed by atoms with van der Waals surface area (Å²) < 4.78 is 12.6. The van der Waals surface area contributed by atoms with Crippen molar-refractivity contribution in [1.29, 1.82) is 0 Å². The molecule has 5 rings (SSSR count). The fourth-order valence-corrected chi connectivity index (χ4v) is 7.77. The first-order chi connectivity index (χ1) is 20.3. The van der Waals surface area contributed by atoms with Gasteiger partial charge in [0.15, 0.2) is 23.4 Å². The smallest absolute Gasteiger partial charge is 0.415 e. The van der Waals surface area contributed by atoms with Gasteiger partial charge in [-0.3, -0.25) is 19.2 Å². The maximum absolute atomic E-state index is 15.0. The third kappa shape index (κ3) is 4.84. The fraction of sp³-hybridized carbons (Fsp3) is 0.567. The van der Waals surface area contributed by atoms with Crippen LogP contribution in [0.5, 0.6) is 11.5 Å². The van der Waals surface area contributed by atoms with Crippen LogP contribution in [0, 0.1) is 0 Å². The average molecular weight is 598 g/mol. The van der Waals surface area contributed by atoms with E-state index in [1.807, 2.05) is 12.1 Å². The van der Waals surface area contributed by atoms with Gasteiger partial charge in [0.2, 0.25) is 17.7 Å². The highest BCUT2D eigenvalue weighted by atomic mass is 16.6. The molecule has 2 aliphatic heterocycles. The molecule has 2 aliphatic carbocycles. The Morgan fingerprint density at radius 3 is 2.74 bits per heavy atom. The Morgan fingerprint density at radius 2 is 2.07 bits per heavy atom. The molecule has 0 radical (unpaired) electrons. The van der Waals surface area contributed by atoms with Crippen LogP contribution in [0.4, 0.5) is 4.79 Å². The number of carbonyl (C=O) groups is 5. The van der Waals surface area contributed by atoms with Crippen molar-refractivity contribution in [3.05, 3.63) is 35.9 Å². The lowest BCUT2D eigenvalue weighted by molar-refractivity contribution is -0.954. The normalized spacial score (nSPS) is 30.3. The van der Waals surface area contributed by atoms with Crippen molar-refractivity contribution in [2.45, 2.75) is 68.2 Å². The van der Waals surface area contributed by atoms with Gasteiger partial charge in [-0.2, -0.15) is 0 Å². The number of benzene rings is 1. The van der Waals surface area contributed by atoms with Gasteiger partial charge in [0, 0.05) is 57.3 Å². The summed E-state index contributed by atoms with van der Waals surface area (Å²) >= 11 is 0. The van der Waals surface area contributed by atoms with E-state index in [9.17, 15) is 29.1 Å². The SMILES string of the molecule is C=CC[N+]1(C)CC[C@]23c4c5ccc(OC(=O)N(C)CCNC(=O)[C@H](CC(N)=O)NC(C)=O)c4O[C@H]2C(=O)CC[C@@]3([O-])[C@H]1C5. The van der Waals surface area contributed by atoms with Crippen molar-refractivity contribution in [3.8, 4) is 11.5 Å². The van der Waals surface area contributed by atoms with Crippen LogP contribution in [0.25, 0.3) is 0 Å². The average Bonchev–Trinajstić information content (AvgIpc) is 3.30. The Hall–Kier alpha value is -3.97. The molecule has 0 aromatic heterocycles. The highest BCUT2D eigenvalue weighted by Gasteiger charge is 2.71. The summed E-state index contributed by atoms with van der Waals surface area (Å²) in [6.07, 6.45) is 1.24. The number of ketones is 1. The molecular weight excluding hydrogens is 558 g/mol. The van der Waals surface area contributed by atoms with E-state index in [0.717, 1.165) is 5.56 Å². The van der Waals surface area contributed by atoms with E-state index < -0.39 is 47.0 Å². The number of primary amides is 1. The zero-order valence-electron chi connectivity index (χ0n) is 24.8. The number of quaternary nitrogens is 1. The van der Waals surface area contributed by atoms with Crippen molar-refractivity contribution >= 4 is 29.6 Å². The molecule has 6 atom stereocenters. The van der Waals surface area contributed by atoms with Crippen molar-refractivity contribution in [2.24, 2.45) is 5.73 Å². The largest absolute Gasteiger partial charge is 0.844 e. The van der Waals surface area contributed by atoms with Gasteiger partial charge in [-0.05, 0) is 29.7 Å². The zero-order chi connectivity index (χ0) is 31.3. The van der Waals surface area contributed by atoms with Gasteiger partial charge < -0.3 is 40.3 Å². The van der Waals surface area contributed by atoms with Gasteiger partial charge in [0.05, 0.1) is 32.6 Å². The van der Waals surface area contributed by atoms with Gasteiger partial charge >= 0.3 is 6.09 Å². The monoisotopic (exact) mass is 597 g/mol. The summed E-state index contributed by atoms with van der Waals surface area (Å²) in [5.41, 5.74) is 4.38. The van der Waals surface area contributed by atoms with Crippen molar-refractivity contribution < 1.29 is 43.0 Å². The standard InChI is InChI=1S/C30H39N5O8/c1-5-13-35(4)14-10-29-24-18-6-7-21(25(24)43-26(29)20(37)8-9-30(29,41)22(35)15-18)42-28(40)34(3)12-11-32-27(39)19(16-23(31)38)33-17(2)36/h5-7,19,22,26H,1,8-16H2,2-4H3,(H2,31,38)(H,32,39)(H,33,36)/t19-,22+,26-,29-,30+,35?/m0/s1. The molecule has 2 fully saturated rings. The second kappa shape index (κ2) is 10.9. The maximum Gasteiger partial charge on any atom is 0.415 e. The van der Waals surface area contributed by atoms with Crippen LogP contribution in [0.2, 0.25) is 0 Å². The Balaban J connectivity index is 1.33. The number of nitrogens with zero attached hydrogens (tertiary/aromatic N) is 2. The molecular formula is C30H39N5O8. The van der Waals surface area contributed by atoms with Gasteiger partial charge in [-0.1, -0.05) is 12.6 Å². The van der Waals surface area contributed by atoms with E-state index in [1.165, 1.54) is 18.9 Å². The molecule has 2 heterocycles. The minimum absolute atomic E-state index is 0.00826. The second-order valence-electron chi connectivity index (χ2n) is 12.4. The van der Waals surface area contributed by atoms with Crippen LogP contribution in [0.3, 0.4) is 0 Å². The number of ether oxygens (including phenoxy) is 2. The van der Waals surface area contributed by atoms with Crippen molar-refractivity contribution in [1.82, 2.24) is 15.5 Å². The van der Waals surface area contributed by atoms with Crippen LogP contribution in [-0.4, -0.2) is 103 Å². The maximum atomic E-state index is 15.0. The first-order valence-electron chi connectivity index (χ1n) is 14.5. The second-order valence-corrected chi connectivity index (χ2v) is 12.4. The molecule has 43 heavy (non-hydrogen) atoms. The molecule has 1 unspecified atom stereocenters. The summed E-state index contributed by atoms with van der Waals surface area (Å²) in [6, 6.07) is 2.13. The molecule has 2 bridgehead atoms. The van der Waals surface area contributed by atoms with Gasteiger partial charge in [-0.15, -0.1) is 0 Å². The van der Waals surface area contributed by atoms with E-state index in [2.05, 4.69) is 24.3 Å². The molecule has 1 spiro atoms. The first kappa shape index (κ1) is 30.5. The van der Waals surface area contributed by atoms with Crippen molar-refractivity contribution in [2.75, 3.05) is 40.3 Å². The van der Waals surface area contributed by atoms with E-state index in [0.29, 0.717) is 36.0 Å². The number of nitrogens with two attached hydrogens (primary N) is 1. The third-order valence-electron chi connectivity index (χ3n) is 9.75. The number of Topliss-reactive ketones (excluding diaryl/α,β-unsaturated/α-hetero) is 1. The van der Waals surface area contributed by atoms with Gasteiger partial charge in [-0.25, -0.2) is 4.79 Å². The molecule has 4 aliphatic rings. The molecule has 4 N–H and O–H groups in total. The Labute approximate surface area is 249 Å². The number of rotatable bonds is 10. The van der Waals surface area contributed by atoms with Crippen LogP contribution in [-0.2, 0) is 31.0 Å². The topological polar surface area (TPSA) is 180 Å².